The average molecular weight is 1130 g/mol. The molecule has 1 saturated heterocycles. The van der Waals surface area contributed by atoms with Gasteiger partial charge in [-0.1, -0.05) is 18.2 Å². The Bertz CT molecular complexity index is 2980. The molecule has 28 heteroatoms. The number of nitrogens with zero attached hydrogens (tertiary/aromatic N) is 3. The molecule has 0 aromatic heterocycles. The molecule has 0 aliphatic carbocycles. The van der Waals surface area contributed by atoms with Crippen LogP contribution in [0.1, 0.15) is 69.9 Å². The fourth-order valence-electron chi connectivity index (χ4n) is 9.00. The van der Waals surface area contributed by atoms with E-state index in [2.05, 4.69) is 0 Å². The molecule has 416 valence electrons. The maximum atomic E-state index is 12.3. The predicted octanol–water partition coefficient (Wildman–Crippen LogP) is 1.99. The van der Waals surface area contributed by atoms with Crippen LogP contribution in [0, 0.1) is 0 Å². The normalized spacial score (nSPS) is 19.9. The highest BCUT2D eigenvalue weighted by molar-refractivity contribution is 7.86. The molecule has 2 unspecified atom stereocenters. The van der Waals surface area contributed by atoms with Crippen LogP contribution < -0.4 is 4.90 Å². The number of fused-ring (bicyclic) bond motifs is 2. The third-order valence-corrected chi connectivity index (χ3v) is 15.9. The number of hydrogen-bond acceptors (Lipinski definition) is 22. The molecule has 3 aliphatic rings. The van der Waals surface area contributed by atoms with Crippen molar-refractivity contribution in [2.75, 3.05) is 96.1 Å². The second-order valence-electron chi connectivity index (χ2n) is 17.9. The molecular weight excluding hydrogens is 1070 g/mol. The Balaban J connectivity index is 1.45. The first kappa shape index (κ1) is 61.0. The molecule has 0 N–H and O–H groups in total. The summed E-state index contributed by atoms with van der Waals surface area (Å²) in [6, 6.07) is 7.64. The van der Waals surface area contributed by atoms with Crippen molar-refractivity contribution in [3.63, 3.8) is 0 Å². The van der Waals surface area contributed by atoms with Crippen molar-refractivity contribution in [2.45, 2.75) is 79.4 Å². The van der Waals surface area contributed by atoms with Gasteiger partial charge in [0, 0.05) is 72.5 Å². The summed E-state index contributed by atoms with van der Waals surface area (Å²) in [7, 11) is -17.7. The van der Waals surface area contributed by atoms with E-state index in [0.29, 0.717) is 52.2 Å². The number of imide groups is 1. The van der Waals surface area contributed by atoms with Crippen LogP contribution in [0.2, 0.25) is 0 Å². The number of anilines is 1. The largest absolute Gasteiger partial charge is 0.748 e. The first-order valence-corrected chi connectivity index (χ1v) is 29.6. The van der Waals surface area contributed by atoms with Gasteiger partial charge in [0.25, 0.3) is 11.8 Å². The molecular formula is C47H60N3O21S4-3. The lowest BCUT2D eigenvalue weighted by Gasteiger charge is -2.30. The predicted molar refractivity (Wildman–Crippen MR) is 262 cm³/mol. The van der Waals surface area contributed by atoms with E-state index in [-0.39, 0.29) is 104 Å². The van der Waals surface area contributed by atoms with Crippen LogP contribution in [0.25, 0.3) is 0 Å². The van der Waals surface area contributed by atoms with Crippen molar-refractivity contribution in [1.29, 1.82) is 0 Å². The fraction of sp³-hybridized carbons (Fsp3) is 0.532. The maximum Gasteiger partial charge on any atom is 0.335 e. The van der Waals surface area contributed by atoms with Crippen molar-refractivity contribution >= 4 is 75.3 Å². The Morgan fingerprint density at radius 3 is 1.79 bits per heavy atom. The molecule has 1 fully saturated rings. The van der Waals surface area contributed by atoms with Crippen molar-refractivity contribution in [1.82, 2.24) is 5.06 Å². The van der Waals surface area contributed by atoms with Gasteiger partial charge in [0.05, 0.1) is 94.7 Å². The second kappa shape index (κ2) is 26.5. The van der Waals surface area contributed by atoms with Crippen LogP contribution >= 0.6 is 0 Å². The van der Waals surface area contributed by atoms with E-state index in [4.69, 9.17) is 28.5 Å². The third kappa shape index (κ3) is 17.1. The minimum absolute atomic E-state index is 0.00193. The Kier molecular flexibility index (Phi) is 21.6. The highest BCUT2D eigenvalue weighted by Crippen LogP contribution is 2.51. The first-order chi connectivity index (χ1) is 35.2. The van der Waals surface area contributed by atoms with Gasteiger partial charge in [0.1, 0.15) is 26.8 Å². The summed E-state index contributed by atoms with van der Waals surface area (Å²) < 4.78 is 174. The number of ether oxygens (including phenoxy) is 5. The summed E-state index contributed by atoms with van der Waals surface area (Å²) in [6.45, 7) is 5.05. The number of benzene rings is 2. The number of allylic oxidation sites excluding steroid dienone is 6. The summed E-state index contributed by atoms with van der Waals surface area (Å²) in [4.78, 5) is 41.1. The molecule has 0 saturated carbocycles. The Morgan fingerprint density at radius 1 is 0.667 bits per heavy atom. The molecule has 0 spiro atoms. The molecule has 0 bridgehead atoms. The summed E-state index contributed by atoms with van der Waals surface area (Å²) in [5.41, 5.74) is 0.329. The maximum absolute atomic E-state index is 12.3. The first-order valence-electron chi connectivity index (χ1n) is 23.6. The fourth-order valence-corrected chi connectivity index (χ4v) is 11.0. The molecule has 3 heterocycles. The van der Waals surface area contributed by atoms with E-state index in [1.165, 1.54) is 31.4 Å². The van der Waals surface area contributed by atoms with E-state index in [0.717, 1.165) is 12.1 Å². The number of hydrogen-bond donors (Lipinski definition) is 0. The van der Waals surface area contributed by atoms with Crippen molar-refractivity contribution < 1.29 is 99.4 Å². The third-order valence-electron chi connectivity index (χ3n) is 12.6. The van der Waals surface area contributed by atoms with Gasteiger partial charge in [-0.3, -0.25) is 9.59 Å². The molecule has 75 heavy (non-hydrogen) atoms. The minimum Gasteiger partial charge on any atom is -0.748 e. The second-order valence-corrected chi connectivity index (χ2v) is 23.7. The summed E-state index contributed by atoms with van der Waals surface area (Å²) in [5.74, 6) is -3.55. The molecule has 3 aliphatic heterocycles. The lowest BCUT2D eigenvalue weighted by molar-refractivity contribution is -0.442. The molecule has 24 nitrogen and oxygen atoms in total. The van der Waals surface area contributed by atoms with Gasteiger partial charge in [-0.15, -0.1) is 5.06 Å². The Hall–Kier alpha value is -4.82. The molecule has 0 radical (unpaired) electrons. The molecule has 2 aromatic rings. The zero-order valence-corrected chi connectivity index (χ0v) is 44.8. The summed E-state index contributed by atoms with van der Waals surface area (Å²) in [5, 5.41) is 0.432. The number of rotatable bonds is 32. The minimum atomic E-state index is -4.98. The lowest BCUT2D eigenvalue weighted by atomic mass is 9.76. The van der Waals surface area contributed by atoms with Gasteiger partial charge in [-0.25, -0.2) is 38.5 Å². The van der Waals surface area contributed by atoms with E-state index >= 15 is 0 Å². The van der Waals surface area contributed by atoms with Gasteiger partial charge in [-0.2, -0.15) is 4.58 Å². The molecule has 2 atom stereocenters. The number of carbonyl (C=O) groups is 3. The van der Waals surface area contributed by atoms with Gasteiger partial charge in [0.2, 0.25) is 5.69 Å². The summed E-state index contributed by atoms with van der Waals surface area (Å²) in [6.07, 6.45) is 7.61. The van der Waals surface area contributed by atoms with Crippen LogP contribution in [0.15, 0.2) is 82.3 Å². The van der Waals surface area contributed by atoms with Crippen LogP contribution in [0.3, 0.4) is 0 Å². The Morgan fingerprint density at radius 2 is 1.20 bits per heavy atom. The highest BCUT2D eigenvalue weighted by Gasteiger charge is 2.48. The van der Waals surface area contributed by atoms with Gasteiger partial charge < -0.3 is 51.6 Å². The van der Waals surface area contributed by atoms with Crippen molar-refractivity contribution in [3.05, 3.63) is 83.6 Å². The van der Waals surface area contributed by atoms with Gasteiger partial charge >= 0.3 is 5.97 Å². The average Bonchev–Trinajstić information content (AvgIpc) is 3.84. The number of amides is 2. The lowest BCUT2D eigenvalue weighted by Crippen LogP contribution is -2.32. The molecule has 2 aromatic carbocycles. The smallest absolute Gasteiger partial charge is 0.335 e. The van der Waals surface area contributed by atoms with Crippen LogP contribution in [0.4, 0.5) is 11.4 Å². The number of hydroxylamine groups is 2. The van der Waals surface area contributed by atoms with E-state index in [1.54, 1.807) is 49.1 Å². The van der Waals surface area contributed by atoms with Crippen LogP contribution in [-0.2, 0) is 94.2 Å². The van der Waals surface area contributed by atoms with E-state index in [9.17, 15) is 66.3 Å². The standard InChI is InChI=1S/C47H63N3O21S4/c1-46(18-7-31-72(54,55)56)37-33-35(74(60,61)62)11-13-39(37)48(20-23-68-28-27-67-22-17-45(53)71-50-43(51)15-16-44(50)52)41(46)9-5-4-6-10-42-47(2,19-8-32-73(57,58)59)38-34-36(75(63,64)65)12-14-40(38)49(42)21-24-69-29-30-70-26-25-66-3/h4-6,9-14,33-34H,7-8,15-32H2,1-3H3,(H3-,54,55,56,57,58,59,60,61,62,63,64,65)/p-3. The van der Waals surface area contributed by atoms with E-state index in [1.807, 2.05) is 4.58 Å². The summed E-state index contributed by atoms with van der Waals surface area (Å²) >= 11 is 0. The number of methoxy groups -OCH3 is 1. The zero-order valence-electron chi connectivity index (χ0n) is 41.5. The topological polar surface area (TPSA) is 345 Å². The van der Waals surface area contributed by atoms with Crippen LogP contribution in [0.5, 0.6) is 0 Å². The van der Waals surface area contributed by atoms with Gasteiger partial charge in [-0.05, 0) is 81.5 Å². The van der Waals surface area contributed by atoms with Crippen molar-refractivity contribution in [2.24, 2.45) is 0 Å². The molecule has 5 rings (SSSR count). The SMILES string of the molecule is COCCOCCOCC[N+]1=C(/C=C/C=C/C=C2/N(CCOCCOCCC(=O)ON3C(=O)CCC3=O)c3ccc(S(=O)(=O)[O-])cc3C2(C)CCCS(=O)(=O)[O-])C(C)(CCCS(=O)(=O)[O-])c2cc(S(=O)(=O)[O-])ccc21. The monoisotopic (exact) mass is 1130 g/mol. The van der Waals surface area contributed by atoms with Crippen LogP contribution in [-0.4, -0.2) is 176 Å². The zero-order chi connectivity index (χ0) is 55.2. The van der Waals surface area contributed by atoms with E-state index < -0.39 is 90.4 Å². The quantitative estimate of drug-likeness (QED) is 0.0332. The molecule has 2 amide bonds. The Labute approximate surface area is 436 Å². The van der Waals surface area contributed by atoms with Crippen molar-refractivity contribution in [3.8, 4) is 0 Å². The van der Waals surface area contributed by atoms with Gasteiger partial charge in [0.15, 0.2) is 12.3 Å². The number of carbonyl (C=O) groups excluding carboxylic acids is 3. The highest BCUT2D eigenvalue weighted by atomic mass is 32.2.